The van der Waals surface area contributed by atoms with Crippen LogP contribution in [0.1, 0.15) is 17.8 Å². The van der Waals surface area contributed by atoms with Crippen LogP contribution in [-0.2, 0) is 6.54 Å². The number of halogens is 4. The van der Waals surface area contributed by atoms with Crippen LogP contribution < -0.4 is 5.32 Å². The second-order valence-corrected chi connectivity index (χ2v) is 7.05. The maximum absolute atomic E-state index is 13.9. The fourth-order valence-corrected chi connectivity index (χ4v) is 3.40. The van der Waals surface area contributed by atoms with Gasteiger partial charge in [0.15, 0.2) is 28.4 Å². The largest absolute Gasteiger partial charge is 0.348 e. The molecule has 1 aliphatic rings. The topological polar surface area (TPSA) is 31.4 Å². The molecule has 0 unspecified atom stereocenters. The third-order valence-electron chi connectivity index (χ3n) is 4.55. The molecule has 0 saturated carbocycles. The van der Waals surface area contributed by atoms with Crippen LogP contribution in [0.25, 0.3) is 0 Å². The van der Waals surface area contributed by atoms with E-state index in [9.17, 15) is 17.6 Å². The van der Waals surface area contributed by atoms with Crippen molar-refractivity contribution in [2.75, 3.05) is 31.5 Å². The number of nitrogens with zero attached hydrogens (tertiary/aromatic N) is 3. The first-order valence-corrected chi connectivity index (χ1v) is 9.30. The Morgan fingerprint density at radius 1 is 1.07 bits per heavy atom. The smallest absolute Gasteiger partial charge is 0.196 e. The minimum Gasteiger partial charge on any atom is -0.348 e. The standard InChI is InChI=1S/C19H20F4N4S/c1-12-4-2-5-13(24-12)11-26-6-3-7-27(9-8-26)19(28)25-18-15(21)10-14(20)16(22)17(18)23/h2,4-5,10H,3,6-9,11H2,1H3,(H,25,28). The Labute approximate surface area is 166 Å². The van der Waals surface area contributed by atoms with Crippen LogP contribution in [0.2, 0.25) is 0 Å². The van der Waals surface area contributed by atoms with E-state index in [4.69, 9.17) is 12.2 Å². The summed E-state index contributed by atoms with van der Waals surface area (Å²) in [6.45, 7) is 5.25. The number of benzene rings is 1. The number of anilines is 1. The summed E-state index contributed by atoms with van der Waals surface area (Å²) in [4.78, 5) is 8.49. The van der Waals surface area contributed by atoms with E-state index in [0.29, 0.717) is 32.2 Å². The molecule has 4 nitrogen and oxygen atoms in total. The highest BCUT2D eigenvalue weighted by atomic mass is 32.1. The molecule has 1 aliphatic heterocycles. The summed E-state index contributed by atoms with van der Waals surface area (Å²) in [6, 6.07) is 6.17. The molecule has 2 aromatic rings. The van der Waals surface area contributed by atoms with E-state index in [1.807, 2.05) is 25.1 Å². The van der Waals surface area contributed by atoms with Gasteiger partial charge < -0.3 is 10.2 Å². The highest BCUT2D eigenvalue weighted by Gasteiger charge is 2.23. The fraction of sp³-hybridized carbons (Fsp3) is 0.368. The number of hydrogen-bond acceptors (Lipinski definition) is 3. The van der Waals surface area contributed by atoms with Crippen molar-refractivity contribution < 1.29 is 17.6 Å². The Kier molecular flexibility index (Phi) is 6.46. The van der Waals surface area contributed by atoms with Crippen LogP contribution in [-0.4, -0.2) is 46.1 Å². The van der Waals surface area contributed by atoms with Crippen molar-refractivity contribution in [3.8, 4) is 0 Å². The third-order valence-corrected chi connectivity index (χ3v) is 4.91. The molecule has 0 bridgehead atoms. The highest BCUT2D eigenvalue weighted by Crippen LogP contribution is 2.24. The fourth-order valence-electron chi connectivity index (χ4n) is 3.12. The van der Waals surface area contributed by atoms with Crippen molar-refractivity contribution in [3.05, 3.63) is 58.9 Å². The number of hydrogen-bond donors (Lipinski definition) is 1. The Hall–Kier alpha value is -2.26. The van der Waals surface area contributed by atoms with E-state index >= 15 is 0 Å². The number of thiocarbonyl (C=S) groups is 1. The first-order valence-electron chi connectivity index (χ1n) is 8.89. The number of pyridine rings is 1. The molecule has 9 heteroatoms. The summed E-state index contributed by atoms with van der Waals surface area (Å²) in [5, 5.41) is 2.45. The van der Waals surface area contributed by atoms with Gasteiger partial charge in [-0.3, -0.25) is 9.88 Å². The Morgan fingerprint density at radius 3 is 2.61 bits per heavy atom. The van der Waals surface area contributed by atoms with Crippen LogP contribution >= 0.6 is 12.2 Å². The number of rotatable bonds is 3. The van der Waals surface area contributed by atoms with Gasteiger partial charge in [-0.15, -0.1) is 0 Å². The van der Waals surface area contributed by atoms with Gasteiger partial charge in [0, 0.05) is 44.5 Å². The molecule has 0 atom stereocenters. The Morgan fingerprint density at radius 2 is 1.86 bits per heavy atom. The number of nitrogens with one attached hydrogen (secondary N) is 1. The van der Waals surface area contributed by atoms with Gasteiger partial charge in [-0.2, -0.15) is 0 Å². The van der Waals surface area contributed by atoms with Gasteiger partial charge in [0.2, 0.25) is 0 Å². The van der Waals surface area contributed by atoms with Crippen LogP contribution in [0.4, 0.5) is 23.2 Å². The predicted octanol–water partition coefficient (Wildman–Crippen LogP) is 3.85. The first kappa shape index (κ1) is 20.5. The van der Waals surface area contributed by atoms with Crippen molar-refractivity contribution in [2.24, 2.45) is 0 Å². The van der Waals surface area contributed by atoms with Crippen molar-refractivity contribution in [1.29, 1.82) is 0 Å². The molecule has 0 aliphatic carbocycles. The quantitative estimate of drug-likeness (QED) is 0.358. The molecular formula is C19H20F4N4S. The molecule has 0 radical (unpaired) electrons. The normalized spacial score (nSPS) is 15.4. The van der Waals surface area contributed by atoms with Crippen molar-refractivity contribution in [3.63, 3.8) is 0 Å². The van der Waals surface area contributed by atoms with E-state index in [2.05, 4.69) is 15.2 Å². The van der Waals surface area contributed by atoms with Crippen LogP contribution in [0, 0.1) is 30.2 Å². The minimum atomic E-state index is -1.74. The lowest BCUT2D eigenvalue weighted by atomic mass is 10.2. The molecule has 1 fully saturated rings. The zero-order chi connectivity index (χ0) is 20.3. The summed E-state index contributed by atoms with van der Waals surface area (Å²) in [7, 11) is 0. The minimum absolute atomic E-state index is 0.0688. The van der Waals surface area contributed by atoms with E-state index in [0.717, 1.165) is 24.4 Å². The second kappa shape index (κ2) is 8.83. The summed E-state index contributed by atoms with van der Waals surface area (Å²) >= 11 is 5.23. The predicted molar refractivity (Wildman–Crippen MR) is 103 cm³/mol. The lowest BCUT2D eigenvalue weighted by Gasteiger charge is -2.25. The van der Waals surface area contributed by atoms with Crippen LogP contribution in [0.15, 0.2) is 24.3 Å². The summed E-state index contributed by atoms with van der Waals surface area (Å²) in [6.07, 6.45) is 0.788. The van der Waals surface area contributed by atoms with E-state index in [1.165, 1.54) is 0 Å². The number of aryl methyl sites for hydroxylation is 1. The Balaban J connectivity index is 1.63. The van der Waals surface area contributed by atoms with E-state index in [-0.39, 0.29) is 5.11 Å². The molecule has 28 heavy (non-hydrogen) atoms. The SMILES string of the molecule is Cc1cccc(CN2CCCN(C(=S)Nc3c(F)cc(F)c(F)c3F)CC2)n1. The van der Waals surface area contributed by atoms with Gasteiger partial charge in [-0.05, 0) is 37.7 Å². The van der Waals surface area contributed by atoms with Gasteiger partial charge >= 0.3 is 0 Å². The third kappa shape index (κ3) is 4.77. The molecule has 0 spiro atoms. The zero-order valence-corrected chi connectivity index (χ0v) is 16.1. The van der Waals surface area contributed by atoms with Crippen molar-refractivity contribution in [1.82, 2.24) is 14.8 Å². The lowest BCUT2D eigenvalue weighted by Crippen LogP contribution is -2.38. The van der Waals surface area contributed by atoms with Gasteiger partial charge in [0.05, 0.1) is 5.69 Å². The van der Waals surface area contributed by atoms with Gasteiger partial charge in [0.1, 0.15) is 5.69 Å². The van der Waals surface area contributed by atoms with Crippen molar-refractivity contribution >= 4 is 23.0 Å². The van der Waals surface area contributed by atoms with Gasteiger partial charge in [-0.25, -0.2) is 17.6 Å². The monoisotopic (exact) mass is 412 g/mol. The molecule has 2 heterocycles. The average Bonchev–Trinajstić information content (AvgIpc) is 2.89. The zero-order valence-electron chi connectivity index (χ0n) is 15.3. The molecule has 1 saturated heterocycles. The second-order valence-electron chi connectivity index (χ2n) is 6.66. The average molecular weight is 412 g/mol. The summed E-state index contributed by atoms with van der Waals surface area (Å²) < 4.78 is 54.2. The van der Waals surface area contributed by atoms with E-state index < -0.39 is 29.0 Å². The maximum Gasteiger partial charge on any atom is 0.196 e. The van der Waals surface area contributed by atoms with Gasteiger partial charge in [0.25, 0.3) is 0 Å². The highest BCUT2D eigenvalue weighted by molar-refractivity contribution is 7.80. The molecule has 150 valence electrons. The van der Waals surface area contributed by atoms with Crippen LogP contribution in [0.5, 0.6) is 0 Å². The summed E-state index contributed by atoms with van der Waals surface area (Å²) in [5.41, 5.74) is 1.14. The van der Waals surface area contributed by atoms with Crippen LogP contribution in [0.3, 0.4) is 0 Å². The lowest BCUT2D eigenvalue weighted by molar-refractivity contribution is 0.275. The molecule has 3 rings (SSSR count). The number of aromatic nitrogens is 1. The van der Waals surface area contributed by atoms with Crippen molar-refractivity contribution in [2.45, 2.75) is 19.9 Å². The van der Waals surface area contributed by atoms with Gasteiger partial charge in [-0.1, -0.05) is 6.07 Å². The maximum atomic E-state index is 13.9. The first-order chi connectivity index (χ1) is 13.3. The molecular weight excluding hydrogens is 392 g/mol. The molecule has 0 amide bonds. The molecule has 1 aromatic heterocycles. The Bertz CT molecular complexity index is 877. The summed E-state index contributed by atoms with van der Waals surface area (Å²) in [5.74, 6) is -6.18. The molecule has 1 aromatic carbocycles. The van der Waals surface area contributed by atoms with E-state index in [1.54, 1.807) is 4.90 Å². The molecule has 1 N–H and O–H groups in total.